The SMILES string of the molecule is COC(=O)Cc1[nH]n(-c2ccccc2)c(=O)c1C(C)=NCCc1ccc(O)cc1. The van der Waals surface area contributed by atoms with Crippen LogP contribution < -0.4 is 5.56 Å². The highest BCUT2D eigenvalue weighted by atomic mass is 16.5. The lowest BCUT2D eigenvalue weighted by atomic mass is 10.1. The zero-order valence-electron chi connectivity index (χ0n) is 16.4. The van der Waals surface area contributed by atoms with Crippen molar-refractivity contribution in [3.05, 3.63) is 81.8 Å². The zero-order valence-corrected chi connectivity index (χ0v) is 16.4. The molecule has 150 valence electrons. The molecule has 0 aliphatic heterocycles. The van der Waals surface area contributed by atoms with Crippen LogP contribution in [0.4, 0.5) is 0 Å². The molecule has 0 aliphatic carbocycles. The summed E-state index contributed by atoms with van der Waals surface area (Å²) in [5.74, 6) is -0.223. The van der Waals surface area contributed by atoms with Crippen LogP contribution >= 0.6 is 0 Å². The molecule has 7 nitrogen and oxygen atoms in total. The highest BCUT2D eigenvalue weighted by Crippen LogP contribution is 2.12. The number of rotatable bonds is 7. The first-order chi connectivity index (χ1) is 14.0. The third-order valence-electron chi connectivity index (χ3n) is 4.58. The summed E-state index contributed by atoms with van der Waals surface area (Å²) in [5.41, 5.74) is 2.85. The van der Waals surface area contributed by atoms with Crippen LogP contribution in [-0.2, 0) is 22.4 Å². The van der Waals surface area contributed by atoms with Crippen LogP contribution in [0.25, 0.3) is 5.69 Å². The molecule has 0 bridgehead atoms. The normalized spacial score (nSPS) is 11.4. The Bertz CT molecular complexity index is 1060. The number of esters is 1. The summed E-state index contributed by atoms with van der Waals surface area (Å²) in [6, 6.07) is 16.1. The smallest absolute Gasteiger partial charge is 0.311 e. The second-order valence-electron chi connectivity index (χ2n) is 6.58. The van der Waals surface area contributed by atoms with E-state index in [1.54, 1.807) is 31.2 Å². The second-order valence-corrected chi connectivity index (χ2v) is 6.58. The van der Waals surface area contributed by atoms with Crippen molar-refractivity contribution in [3.63, 3.8) is 0 Å². The number of nitrogens with zero attached hydrogens (tertiary/aromatic N) is 2. The average molecular weight is 393 g/mol. The molecule has 1 aromatic heterocycles. The third kappa shape index (κ3) is 4.82. The zero-order chi connectivity index (χ0) is 20.8. The highest BCUT2D eigenvalue weighted by molar-refractivity contribution is 6.00. The van der Waals surface area contributed by atoms with Gasteiger partial charge in [-0.1, -0.05) is 30.3 Å². The molecule has 7 heteroatoms. The summed E-state index contributed by atoms with van der Waals surface area (Å²) < 4.78 is 6.17. The van der Waals surface area contributed by atoms with Gasteiger partial charge in [-0.05, 0) is 43.2 Å². The topological polar surface area (TPSA) is 96.7 Å². The maximum atomic E-state index is 13.0. The summed E-state index contributed by atoms with van der Waals surface area (Å²) in [4.78, 5) is 29.4. The molecule has 0 unspecified atom stereocenters. The molecule has 29 heavy (non-hydrogen) atoms. The predicted octanol–water partition coefficient (Wildman–Crippen LogP) is 2.64. The molecule has 0 spiro atoms. The number of phenols is 1. The molecule has 0 aliphatic rings. The van der Waals surface area contributed by atoms with E-state index < -0.39 is 5.97 Å². The number of phenolic OH excluding ortho intramolecular Hbond substituents is 1. The molecular weight excluding hydrogens is 370 g/mol. The van der Waals surface area contributed by atoms with Gasteiger partial charge >= 0.3 is 5.97 Å². The molecule has 2 N–H and O–H groups in total. The van der Waals surface area contributed by atoms with Crippen LogP contribution in [0.3, 0.4) is 0 Å². The van der Waals surface area contributed by atoms with Gasteiger partial charge in [0, 0.05) is 12.3 Å². The number of aromatic hydroxyl groups is 1. The first kappa shape index (κ1) is 20.1. The maximum absolute atomic E-state index is 13.0. The average Bonchev–Trinajstić information content (AvgIpc) is 3.05. The van der Waals surface area contributed by atoms with Gasteiger partial charge in [-0.2, -0.15) is 0 Å². The third-order valence-corrected chi connectivity index (χ3v) is 4.58. The van der Waals surface area contributed by atoms with E-state index >= 15 is 0 Å². The van der Waals surface area contributed by atoms with Crippen molar-refractivity contribution < 1.29 is 14.6 Å². The van der Waals surface area contributed by atoms with Crippen molar-refractivity contribution in [3.8, 4) is 11.4 Å². The Morgan fingerprint density at radius 1 is 1.14 bits per heavy atom. The number of hydrogen-bond acceptors (Lipinski definition) is 5. The molecule has 0 radical (unpaired) electrons. The van der Waals surface area contributed by atoms with Gasteiger partial charge in [0.15, 0.2) is 0 Å². The number of nitrogens with one attached hydrogen (secondary N) is 1. The van der Waals surface area contributed by atoms with Crippen LogP contribution in [0.5, 0.6) is 5.75 Å². The summed E-state index contributed by atoms with van der Waals surface area (Å²) in [5, 5.41) is 12.4. The predicted molar refractivity (Wildman–Crippen MR) is 111 cm³/mol. The summed E-state index contributed by atoms with van der Waals surface area (Å²) in [6.45, 7) is 2.24. The van der Waals surface area contributed by atoms with E-state index in [0.29, 0.717) is 35.6 Å². The van der Waals surface area contributed by atoms with Crippen LogP contribution in [-0.4, -0.2) is 40.2 Å². The molecule has 0 saturated carbocycles. The van der Waals surface area contributed by atoms with Gasteiger partial charge in [-0.3, -0.25) is 19.7 Å². The van der Waals surface area contributed by atoms with Gasteiger partial charge in [-0.25, -0.2) is 4.68 Å². The molecule has 1 heterocycles. The number of benzene rings is 2. The number of carbonyl (C=O) groups is 1. The number of methoxy groups -OCH3 is 1. The lowest BCUT2D eigenvalue weighted by molar-refractivity contribution is -0.139. The number of aromatic nitrogens is 2. The number of aromatic amines is 1. The summed E-state index contributed by atoms with van der Waals surface area (Å²) in [7, 11) is 1.31. The Labute approximate surface area is 168 Å². The van der Waals surface area contributed by atoms with Crippen molar-refractivity contribution in [2.75, 3.05) is 13.7 Å². The molecular formula is C22H23N3O4. The molecule has 0 atom stereocenters. The Balaban J connectivity index is 1.90. The second kappa shape index (κ2) is 9.05. The molecule has 0 saturated heterocycles. The van der Waals surface area contributed by atoms with E-state index in [9.17, 15) is 14.7 Å². The number of H-pyrrole nitrogens is 1. The van der Waals surface area contributed by atoms with Crippen LogP contribution in [0.15, 0.2) is 64.4 Å². The Morgan fingerprint density at radius 2 is 1.83 bits per heavy atom. The van der Waals surface area contributed by atoms with Crippen LogP contribution in [0.1, 0.15) is 23.7 Å². The van der Waals surface area contributed by atoms with E-state index in [4.69, 9.17) is 4.74 Å². The van der Waals surface area contributed by atoms with E-state index in [1.165, 1.54) is 11.8 Å². The minimum atomic E-state index is -0.440. The Hall–Kier alpha value is -3.61. The minimum absolute atomic E-state index is 0.0499. The Kier molecular flexibility index (Phi) is 6.29. The fourth-order valence-corrected chi connectivity index (χ4v) is 3.05. The number of carbonyl (C=O) groups excluding carboxylic acids is 1. The molecule has 3 aromatic rings. The van der Waals surface area contributed by atoms with Gasteiger partial charge in [0.05, 0.1) is 30.5 Å². The number of para-hydroxylation sites is 1. The van der Waals surface area contributed by atoms with Crippen LogP contribution in [0.2, 0.25) is 0 Å². The van der Waals surface area contributed by atoms with E-state index in [-0.39, 0.29) is 17.7 Å². The van der Waals surface area contributed by atoms with Gasteiger partial charge in [0.1, 0.15) is 5.75 Å². The van der Waals surface area contributed by atoms with Gasteiger partial charge in [-0.15, -0.1) is 0 Å². The standard InChI is InChI=1S/C22H23N3O4/c1-15(23-13-12-16-8-10-18(26)11-9-16)21-19(14-20(27)29-2)24-25(22(21)28)17-6-4-3-5-7-17/h3-11,24,26H,12-14H2,1-2H3. The van der Waals surface area contributed by atoms with E-state index in [0.717, 1.165) is 5.56 Å². The number of hydrogen-bond donors (Lipinski definition) is 2. The first-order valence-corrected chi connectivity index (χ1v) is 9.25. The molecule has 3 rings (SSSR count). The summed E-state index contributed by atoms with van der Waals surface area (Å²) >= 11 is 0. The lowest BCUT2D eigenvalue weighted by Gasteiger charge is -2.03. The fourth-order valence-electron chi connectivity index (χ4n) is 3.05. The number of ether oxygens (including phenoxy) is 1. The highest BCUT2D eigenvalue weighted by Gasteiger charge is 2.20. The number of aliphatic imine (C=N–C) groups is 1. The fraction of sp³-hybridized carbons (Fsp3) is 0.227. The van der Waals surface area contributed by atoms with Crippen molar-refractivity contribution >= 4 is 11.7 Å². The van der Waals surface area contributed by atoms with E-state index in [2.05, 4.69) is 10.1 Å². The molecule has 0 fully saturated rings. The van der Waals surface area contributed by atoms with Crippen molar-refractivity contribution in [2.45, 2.75) is 19.8 Å². The van der Waals surface area contributed by atoms with Gasteiger partial charge < -0.3 is 9.84 Å². The van der Waals surface area contributed by atoms with Crippen molar-refractivity contribution in [1.82, 2.24) is 9.78 Å². The van der Waals surface area contributed by atoms with Gasteiger partial charge in [0.2, 0.25) is 0 Å². The largest absolute Gasteiger partial charge is 0.508 e. The monoisotopic (exact) mass is 393 g/mol. The lowest BCUT2D eigenvalue weighted by Crippen LogP contribution is -2.20. The van der Waals surface area contributed by atoms with E-state index in [1.807, 2.05) is 30.3 Å². The van der Waals surface area contributed by atoms with Crippen molar-refractivity contribution in [2.24, 2.45) is 4.99 Å². The molecule has 0 amide bonds. The summed E-state index contributed by atoms with van der Waals surface area (Å²) in [6.07, 6.45) is 0.618. The van der Waals surface area contributed by atoms with Crippen molar-refractivity contribution in [1.29, 1.82) is 0 Å². The van der Waals surface area contributed by atoms with Gasteiger partial charge in [0.25, 0.3) is 5.56 Å². The maximum Gasteiger partial charge on any atom is 0.311 e. The Morgan fingerprint density at radius 3 is 2.48 bits per heavy atom. The minimum Gasteiger partial charge on any atom is -0.508 e. The molecule has 2 aromatic carbocycles. The van der Waals surface area contributed by atoms with Crippen LogP contribution in [0, 0.1) is 0 Å². The quantitative estimate of drug-likeness (QED) is 0.476. The first-order valence-electron chi connectivity index (χ1n) is 9.25.